The molecule has 0 atom stereocenters. The molecule has 2 amide bonds. The molecule has 0 unspecified atom stereocenters. The summed E-state index contributed by atoms with van der Waals surface area (Å²) in [5.41, 5.74) is 0.560. The van der Waals surface area contributed by atoms with Crippen LogP contribution in [0, 0.1) is 0 Å². The fourth-order valence-electron chi connectivity index (χ4n) is 4.81. The van der Waals surface area contributed by atoms with Crippen LogP contribution in [-0.2, 0) is 11.8 Å². The van der Waals surface area contributed by atoms with Crippen molar-refractivity contribution < 1.29 is 40.6 Å². The lowest BCUT2D eigenvalue weighted by Crippen LogP contribution is -2.52. The molecule has 0 saturated carbocycles. The molecule has 1 saturated heterocycles. The first-order valence-electron chi connectivity index (χ1n) is 12.5. The van der Waals surface area contributed by atoms with Gasteiger partial charge in [-0.2, -0.15) is 0 Å². The van der Waals surface area contributed by atoms with Gasteiger partial charge in [0.05, 0.1) is 6.54 Å². The van der Waals surface area contributed by atoms with Crippen LogP contribution in [0.3, 0.4) is 0 Å². The molecule has 0 radical (unpaired) electrons. The topological polar surface area (TPSA) is 62.8 Å². The second kappa shape index (κ2) is 12.0. The van der Waals surface area contributed by atoms with E-state index < -0.39 is 35.7 Å². The van der Waals surface area contributed by atoms with Gasteiger partial charge in [-0.15, -0.1) is 26.3 Å². The van der Waals surface area contributed by atoms with E-state index in [9.17, 15) is 31.1 Å². The molecule has 3 aromatic carbocycles. The van der Waals surface area contributed by atoms with Crippen LogP contribution in [0.25, 0.3) is 0 Å². The first-order valence-corrected chi connectivity index (χ1v) is 12.5. The van der Waals surface area contributed by atoms with Crippen molar-refractivity contribution in [2.45, 2.75) is 24.6 Å². The highest BCUT2D eigenvalue weighted by Crippen LogP contribution is 2.40. The van der Waals surface area contributed by atoms with Crippen molar-refractivity contribution in [3.63, 3.8) is 0 Å². The van der Waals surface area contributed by atoms with E-state index in [2.05, 4.69) is 26.7 Å². The monoisotopic (exact) mass is 579 g/mol. The summed E-state index contributed by atoms with van der Waals surface area (Å²) in [6, 6.07) is 18.8. The number of amides is 2. The van der Waals surface area contributed by atoms with Gasteiger partial charge in [-0.1, -0.05) is 61.2 Å². The molecule has 218 valence electrons. The number of hydrogen-bond donors (Lipinski definition) is 2. The molecule has 0 bridgehead atoms. The van der Waals surface area contributed by atoms with Crippen molar-refractivity contribution in [3.05, 3.63) is 108 Å². The summed E-state index contributed by atoms with van der Waals surface area (Å²) >= 11 is 0. The van der Waals surface area contributed by atoms with Crippen LogP contribution in [0.2, 0.25) is 0 Å². The van der Waals surface area contributed by atoms with Crippen LogP contribution < -0.4 is 20.1 Å². The van der Waals surface area contributed by atoms with Crippen molar-refractivity contribution in [1.29, 1.82) is 0 Å². The second-order valence-electron chi connectivity index (χ2n) is 9.51. The number of ether oxygens (including phenoxy) is 2. The molecule has 3 aromatic rings. The third-order valence-corrected chi connectivity index (χ3v) is 6.56. The molecule has 1 aliphatic heterocycles. The third kappa shape index (κ3) is 8.09. The number of nitrogens with zero attached hydrogens (tertiary/aromatic N) is 1. The molecular formula is C29H27F6N3O3. The molecule has 4 rings (SSSR count). The number of halogens is 6. The van der Waals surface area contributed by atoms with E-state index in [0.29, 0.717) is 18.8 Å². The molecule has 0 aliphatic carbocycles. The van der Waals surface area contributed by atoms with E-state index >= 15 is 0 Å². The van der Waals surface area contributed by atoms with Crippen LogP contribution in [0.15, 0.2) is 91.1 Å². The zero-order valence-electron chi connectivity index (χ0n) is 21.7. The van der Waals surface area contributed by atoms with Crippen LogP contribution >= 0.6 is 0 Å². The highest BCUT2D eigenvalue weighted by Gasteiger charge is 2.39. The minimum Gasteiger partial charge on any atom is -0.406 e. The van der Waals surface area contributed by atoms with E-state index in [1.54, 1.807) is 42.5 Å². The Balaban J connectivity index is 1.84. The van der Waals surface area contributed by atoms with Gasteiger partial charge in [-0.3, -0.25) is 0 Å². The number of nitrogens with one attached hydrogen (secondary N) is 2. The Morgan fingerprint density at radius 2 is 1.41 bits per heavy atom. The Morgan fingerprint density at radius 3 is 1.93 bits per heavy atom. The van der Waals surface area contributed by atoms with E-state index in [-0.39, 0.29) is 30.6 Å². The second-order valence-corrected chi connectivity index (χ2v) is 9.51. The van der Waals surface area contributed by atoms with Crippen molar-refractivity contribution in [2.75, 3.05) is 26.2 Å². The Kier molecular flexibility index (Phi) is 8.69. The minimum atomic E-state index is -4.97. The number of rotatable bonds is 8. The van der Waals surface area contributed by atoms with Crippen LogP contribution in [0.4, 0.5) is 31.1 Å². The molecule has 6 nitrogen and oxygen atoms in total. The fourth-order valence-corrected chi connectivity index (χ4v) is 4.81. The maximum Gasteiger partial charge on any atom is 0.573 e. The van der Waals surface area contributed by atoms with Gasteiger partial charge in [0, 0.05) is 30.7 Å². The zero-order valence-corrected chi connectivity index (χ0v) is 21.7. The lowest BCUT2D eigenvalue weighted by atomic mass is 9.70. The van der Waals surface area contributed by atoms with Gasteiger partial charge in [-0.25, -0.2) is 4.79 Å². The Labute approximate surface area is 232 Å². The summed E-state index contributed by atoms with van der Waals surface area (Å²) in [6.45, 7) is 4.76. The summed E-state index contributed by atoms with van der Waals surface area (Å²) < 4.78 is 87.0. The number of carbonyl (C=O) groups excluding carboxylic acids is 1. The summed E-state index contributed by atoms with van der Waals surface area (Å²) in [4.78, 5) is 14.7. The highest BCUT2D eigenvalue weighted by atomic mass is 19.4. The van der Waals surface area contributed by atoms with Gasteiger partial charge >= 0.3 is 18.8 Å². The van der Waals surface area contributed by atoms with E-state index in [4.69, 9.17) is 0 Å². The molecule has 1 heterocycles. The Bertz CT molecular complexity index is 1300. The first kappa shape index (κ1) is 29.6. The molecule has 1 aliphatic rings. The SMILES string of the molecule is C=C1CN(C(=O)NCC(Cc2ccccc2)(c2cccc(OC(F)(F)F)c2)c2cccc(OC(F)(F)F)c2)CCN1. The van der Waals surface area contributed by atoms with Crippen LogP contribution in [0.1, 0.15) is 16.7 Å². The lowest BCUT2D eigenvalue weighted by Gasteiger charge is -2.37. The Morgan fingerprint density at radius 1 is 0.854 bits per heavy atom. The minimum absolute atomic E-state index is 0.104. The number of hydrogen-bond acceptors (Lipinski definition) is 4. The molecule has 0 aromatic heterocycles. The fraction of sp³-hybridized carbons (Fsp3) is 0.276. The van der Waals surface area contributed by atoms with Gasteiger partial charge in [0.2, 0.25) is 0 Å². The van der Waals surface area contributed by atoms with Crippen LogP contribution in [0.5, 0.6) is 11.5 Å². The summed E-state index contributed by atoms with van der Waals surface area (Å²) in [5.74, 6) is -1.03. The predicted molar refractivity (Wildman–Crippen MR) is 139 cm³/mol. The predicted octanol–water partition coefficient (Wildman–Crippen LogP) is 6.14. The molecular weight excluding hydrogens is 552 g/mol. The van der Waals surface area contributed by atoms with Crippen molar-refractivity contribution >= 4 is 6.03 Å². The average molecular weight is 580 g/mol. The number of urea groups is 1. The Hall–Kier alpha value is -4.35. The summed E-state index contributed by atoms with van der Waals surface area (Å²) in [5, 5.41) is 5.90. The third-order valence-electron chi connectivity index (χ3n) is 6.56. The smallest absolute Gasteiger partial charge is 0.406 e. The maximum absolute atomic E-state index is 13.2. The molecule has 41 heavy (non-hydrogen) atoms. The molecule has 1 fully saturated rings. The van der Waals surface area contributed by atoms with Gasteiger partial charge in [0.25, 0.3) is 0 Å². The van der Waals surface area contributed by atoms with Crippen molar-refractivity contribution in [1.82, 2.24) is 15.5 Å². The number of benzene rings is 3. The zero-order chi connectivity index (χ0) is 29.7. The lowest BCUT2D eigenvalue weighted by molar-refractivity contribution is -0.275. The number of alkyl halides is 6. The maximum atomic E-state index is 13.2. The summed E-state index contributed by atoms with van der Waals surface area (Å²) in [6.07, 6.45) is -9.84. The first-order chi connectivity index (χ1) is 19.3. The molecule has 12 heteroatoms. The van der Waals surface area contributed by atoms with Crippen molar-refractivity contribution in [2.24, 2.45) is 0 Å². The van der Waals surface area contributed by atoms with Crippen LogP contribution in [-0.4, -0.2) is 49.8 Å². The van der Waals surface area contributed by atoms with Gasteiger partial charge in [-0.05, 0) is 47.4 Å². The van der Waals surface area contributed by atoms with Gasteiger partial charge < -0.3 is 25.0 Å². The average Bonchev–Trinajstić information content (AvgIpc) is 2.90. The van der Waals surface area contributed by atoms with Gasteiger partial charge in [0.15, 0.2) is 0 Å². The van der Waals surface area contributed by atoms with E-state index in [1.165, 1.54) is 29.2 Å². The standard InChI is InChI=1S/C29H27F6N3O3/c1-20-18-38(14-13-36-20)26(39)37-19-27(17-21-7-3-2-4-8-21,22-9-5-11-24(15-22)40-28(30,31)32)23-10-6-12-25(16-23)41-29(33,34)35/h2-12,15-16,36H,1,13-14,17-19H2,(H,37,39). The van der Waals surface area contributed by atoms with E-state index in [0.717, 1.165) is 17.7 Å². The highest BCUT2D eigenvalue weighted by molar-refractivity contribution is 5.75. The number of piperazine rings is 1. The molecule has 2 N–H and O–H groups in total. The van der Waals surface area contributed by atoms with Crippen molar-refractivity contribution in [3.8, 4) is 11.5 Å². The van der Waals surface area contributed by atoms with Gasteiger partial charge in [0.1, 0.15) is 11.5 Å². The van der Waals surface area contributed by atoms with E-state index in [1.807, 2.05) is 0 Å². The largest absolute Gasteiger partial charge is 0.573 e. The summed E-state index contributed by atoms with van der Waals surface area (Å²) in [7, 11) is 0. The molecule has 0 spiro atoms. The number of carbonyl (C=O) groups is 1. The quantitative estimate of drug-likeness (QED) is 0.315. The normalized spacial score (nSPS) is 14.3.